The van der Waals surface area contributed by atoms with Crippen LogP contribution in [0.25, 0.3) is 0 Å². The lowest BCUT2D eigenvalue weighted by atomic mass is 9.78. The van der Waals surface area contributed by atoms with Crippen molar-refractivity contribution in [3.05, 3.63) is 0 Å². The third-order valence-corrected chi connectivity index (χ3v) is 3.49. The highest BCUT2D eigenvalue weighted by Gasteiger charge is 2.39. The fraction of sp³-hybridized carbons (Fsp3) is 0.769. The molecule has 0 spiro atoms. The van der Waals surface area contributed by atoms with Crippen molar-refractivity contribution in [3.8, 4) is 0 Å². The third-order valence-electron chi connectivity index (χ3n) is 3.10. The zero-order valence-electron chi connectivity index (χ0n) is 12.0. The Bertz CT molecular complexity index is 326. The molecule has 0 aliphatic heterocycles. The molecule has 0 aromatic heterocycles. The average molecular weight is 288 g/mol. The van der Waals surface area contributed by atoms with Crippen molar-refractivity contribution in [1.29, 1.82) is 0 Å². The zero-order chi connectivity index (χ0) is 14.9. The van der Waals surface area contributed by atoms with E-state index in [0.717, 1.165) is 12.8 Å². The SMILES string of the molecule is CCCC(CCC)(C(=O)NCCC(=O)OC)C(N)=S. The Hall–Kier alpha value is -1.17. The van der Waals surface area contributed by atoms with E-state index in [9.17, 15) is 9.59 Å². The average Bonchev–Trinajstić information content (AvgIpc) is 2.37. The molecular formula is C13H24N2O3S. The normalized spacial score (nSPS) is 10.9. The fourth-order valence-corrected chi connectivity index (χ4v) is 2.41. The van der Waals surface area contributed by atoms with Crippen molar-refractivity contribution in [3.63, 3.8) is 0 Å². The number of thiocarbonyl (C=S) groups is 1. The number of carbonyl (C=O) groups excluding carboxylic acids is 2. The first-order valence-corrected chi connectivity index (χ1v) is 7.00. The minimum absolute atomic E-state index is 0.147. The molecule has 0 aromatic carbocycles. The topological polar surface area (TPSA) is 81.4 Å². The first-order chi connectivity index (χ1) is 8.94. The van der Waals surface area contributed by atoms with Crippen LogP contribution < -0.4 is 11.1 Å². The molecule has 0 fully saturated rings. The van der Waals surface area contributed by atoms with Gasteiger partial charge in [0.2, 0.25) is 5.91 Å². The molecule has 0 bridgehead atoms. The van der Waals surface area contributed by atoms with E-state index in [-0.39, 0.29) is 29.8 Å². The third kappa shape index (κ3) is 5.14. The molecule has 1 amide bonds. The van der Waals surface area contributed by atoms with Crippen LogP contribution >= 0.6 is 12.2 Å². The first kappa shape index (κ1) is 17.8. The Kier molecular flexibility index (Phi) is 8.30. The van der Waals surface area contributed by atoms with E-state index in [2.05, 4.69) is 10.1 Å². The molecule has 0 aromatic rings. The van der Waals surface area contributed by atoms with Crippen LogP contribution in [0.5, 0.6) is 0 Å². The van der Waals surface area contributed by atoms with Crippen LogP contribution in [0.2, 0.25) is 0 Å². The minimum atomic E-state index is -0.797. The summed E-state index contributed by atoms with van der Waals surface area (Å²) in [5.41, 5.74) is 4.98. The van der Waals surface area contributed by atoms with Gasteiger partial charge in [-0.3, -0.25) is 9.59 Å². The second-order valence-corrected chi connectivity index (χ2v) is 4.97. The number of amides is 1. The summed E-state index contributed by atoms with van der Waals surface area (Å²) in [6, 6.07) is 0. The number of nitrogens with one attached hydrogen (secondary N) is 1. The predicted octanol–water partition coefficient (Wildman–Crippen LogP) is 1.54. The van der Waals surface area contributed by atoms with E-state index in [1.165, 1.54) is 7.11 Å². The zero-order valence-corrected chi connectivity index (χ0v) is 12.8. The van der Waals surface area contributed by atoms with Crippen molar-refractivity contribution >= 4 is 29.1 Å². The lowest BCUT2D eigenvalue weighted by Gasteiger charge is -2.31. The van der Waals surface area contributed by atoms with Crippen molar-refractivity contribution in [2.45, 2.75) is 46.0 Å². The van der Waals surface area contributed by atoms with Crippen molar-refractivity contribution in [1.82, 2.24) is 5.32 Å². The summed E-state index contributed by atoms with van der Waals surface area (Å²) in [6.45, 7) is 4.22. The highest BCUT2D eigenvalue weighted by Crippen LogP contribution is 2.30. The molecule has 19 heavy (non-hydrogen) atoms. The monoisotopic (exact) mass is 288 g/mol. The van der Waals surface area contributed by atoms with Gasteiger partial charge in [-0.2, -0.15) is 0 Å². The fourth-order valence-electron chi connectivity index (χ4n) is 2.11. The summed E-state index contributed by atoms with van der Waals surface area (Å²) in [4.78, 5) is 23.6. The van der Waals surface area contributed by atoms with Crippen LogP contribution in [-0.4, -0.2) is 30.5 Å². The largest absolute Gasteiger partial charge is 0.469 e. The number of hydrogen-bond acceptors (Lipinski definition) is 4. The predicted molar refractivity (Wildman–Crippen MR) is 78.7 cm³/mol. The van der Waals surface area contributed by atoms with Gasteiger partial charge in [0.15, 0.2) is 0 Å². The van der Waals surface area contributed by atoms with Crippen LogP contribution in [0.1, 0.15) is 46.0 Å². The van der Waals surface area contributed by atoms with Gasteiger partial charge in [-0.1, -0.05) is 38.9 Å². The van der Waals surface area contributed by atoms with Crippen LogP contribution in [0.15, 0.2) is 0 Å². The standard InChI is InChI=1S/C13H24N2O3S/c1-4-7-13(8-5-2,11(14)19)12(17)15-9-6-10(16)18-3/h4-9H2,1-3H3,(H2,14,19)(H,15,17). The number of esters is 1. The Labute approximate surface area is 120 Å². The molecule has 0 unspecified atom stereocenters. The quantitative estimate of drug-likeness (QED) is 0.497. The van der Waals surface area contributed by atoms with Crippen LogP contribution in [0, 0.1) is 5.41 Å². The van der Waals surface area contributed by atoms with Crippen molar-refractivity contribution < 1.29 is 14.3 Å². The Balaban J connectivity index is 4.71. The van der Waals surface area contributed by atoms with E-state index in [1.807, 2.05) is 13.8 Å². The van der Waals surface area contributed by atoms with Crippen molar-refractivity contribution in [2.24, 2.45) is 11.1 Å². The van der Waals surface area contributed by atoms with Crippen molar-refractivity contribution in [2.75, 3.05) is 13.7 Å². The molecule has 3 N–H and O–H groups in total. The van der Waals surface area contributed by atoms with Gasteiger partial charge in [0.05, 0.1) is 23.9 Å². The maximum atomic E-state index is 12.3. The second-order valence-electron chi connectivity index (χ2n) is 4.53. The van der Waals surface area contributed by atoms with E-state index >= 15 is 0 Å². The van der Waals surface area contributed by atoms with Gasteiger partial charge < -0.3 is 15.8 Å². The first-order valence-electron chi connectivity index (χ1n) is 6.59. The van der Waals surface area contributed by atoms with E-state index in [0.29, 0.717) is 12.8 Å². The highest BCUT2D eigenvalue weighted by atomic mass is 32.1. The molecule has 5 nitrogen and oxygen atoms in total. The number of carbonyl (C=O) groups is 2. The lowest BCUT2D eigenvalue weighted by Crippen LogP contribution is -2.49. The molecule has 0 aliphatic rings. The van der Waals surface area contributed by atoms with Gasteiger partial charge in [0.1, 0.15) is 0 Å². The van der Waals surface area contributed by atoms with Gasteiger partial charge in [0, 0.05) is 6.54 Å². The Morgan fingerprint density at radius 3 is 2.16 bits per heavy atom. The van der Waals surface area contributed by atoms with Gasteiger partial charge in [-0.05, 0) is 12.8 Å². The molecular weight excluding hydrogens is 264 g/mol. The minimum Gasteiger partial charge on any atom is -0.469 e. The van der Waals surface area contributed by atoms with Gasteiger partial charge in [-0.25, -0.2) is 0 Å². The van der Waals surface area contributed by atoms with E-state index in [4.69, 9.17) is 18.0 Å². The lowest BCUT2D eigenvalue weighted by molar-refractivity contribution is -0.140. The molecule has 6 heteroatoms. The summed E-state index contributed by atoms with van der Waals surface area (Å²) < 4.78 is 4.52. The van der Waals surface area contributed by atoms with Crippen LogP contribution in [-0.2, 0) is 14.3 Å². The summed E-state index contributed by atoms with van der Waals surface area (Å²) in [7, 11) is 1.32. The molecule has 110 valence electrons. The Morgan fingerprint density at radius 1 is 1.26 bits per heavy atom. The molecule has 0 saturated heterocycles. The van der Waals surface area contributed by atoms with E-state index in [1.54, 1.807) is 0 Å². The van der Waals surface area contributed by atoms with Gasteiger partial charge in [0.25, 0.3) is 0 Å². The molecule has 0 aliphatic carbocycles. The highest BCUT2D eigenvalue weighted by molar-refractivity contribution is 7.80. The Morgan fingerprint density at radius 2 is 1.79 bits per heavy atom. The smallest absolute Gasteiger partial charge is 0.307 e. The number of methoxy groups -OCH3 is 1. The maximum absolute atomic E-state index is 12.3. The van der Waals surface area contributed by atoms with Gasteiger partial charge in [-0.15, -0.1) is 0 Å². The summed E-state index contributed by atoms with van der Waals surface area (Å²) in [6.07, 6.45) is 3.04. The number of ether oxygens (including phenoxy) is 1. The molecule has 0 atom stereocenters. The summed E-state index contributed by atoms with van der Waals surface area (Å²) in [5, 5.41) is 2.73. The molecule has 0 rings (SSSR count). The summed E-state index contributed by atoms with van der Waals surface area (Å²) >= 11 is 5.09. The summed E-state index contributed by atoms with van der Waals surface area (Å²) in [5.74, 6) is -0.542. The van der Waals surface area contributed by atoms with Gasteiger partial charge >= 0.3 is 5.97 Å². The number of nitrogens with two attached hydrogens (primary N) is 1. The molecule has 0 saturated carbocycles. The number of rotatable bonds is 9. The maximum Gasteiger partial charge on any atom is 0.307 e. The van der Waals surface area contributed by atoms with E-state index < -0.39 is 5.41 Å². The van der Waals surface area contributed by atoms with Crippen LogP contribution in [0.3, 0.4) is 0 Å². The van der Waals surface area contributed by atoms with Crippen LogP contribution in [0.4, 0.5) is 0 Å². The molecule has 0 heterocycles. The molecule has 0 radical (unpaired) electrons. The number of hydrogen-bond donors (Lipinski definition) is 2. The second kappa shape index (κ2) is 8.85.